The van der Waals surface area contributed by atoms with E-state index in [0.717, 1.165) is 0 Å². The summed E-state index contributed by atoms with van der Waals surface area (Å²) >= 11 is 0. The smallest absolute Gasteiger partial charge is 0.00928 e. The van der Waals surface area contributed by atoms with E-state index in [1.54, 1.807) is 0 Å². The Hall–Kier alpha value is -4.94. The van der Waals surface area contributed by atoms with Crippen LogP contribution >= 0.6 is 0 Å². The highest BCUT2D eigenvalue weighted by atomic mass is 14.2. The molecule has 0 bridgehead atoms. The van der Waals surface area contributed by atoms with Gasteiger partial charge in [-0.3, -0.25) is 0 Å². The van der Waals surface area contributed by atoms with Crippen LogP contribution in [0.25, 0.3) is 66.1 Å². The zero-order valence-corrected chi connectivity index (χ0v) is 21.0. The molecule has 0 saturated carbocycles. The lowest BCUT2D eigenvalue weighted by molar-refractivity contribution is 1.61. The minimum absolute atomic E-state index is 1.23. The molecular formula is C38H26. The van der Waals surface area contributed by atoms with Gasteiger partial charge in [0.25, 0.3) is 0 Å². The van der Waals surface area contributed by atoms with Crippen LogP contribution in [0.3, 0.4) is 0 Å². The normalized spacial score (nSPS) is 11.2. The molecule has 7 aromatic rings. The summed E-state index contributed by atoms with van der Waals surface area (Å²) in [5, 5.41) is 5.08. The van der Waals surface area contributed by atoms with Crippen LogP contribution in [0, 0.1) is 0 Å². The number of hydrogen-bond donors (Lipinski definition) is 0. The van der Waals surface area contributed by atoms with Gasteiger partial charge >= 0.3 is 0 Å². The molecule has 7 aromatic carbocycles. The first kappa shape index (κ1) is 22.3. The largest absolute Gasteiger partial charge is 0.0622 e. The Labute approximate surface area is 223 Å². The summed E-state index contributed by atoms with van der Waals surface area (Å²) < 4.78 is 0. The van der Waals surface area contributed by atoms with Crippen LogP contribution in [0.2, 0.25) is 0 Å². The maximum atomic E-state index is 2.37. The van der Waals surface area contributed by atoms with Gasteiger partial charge in [0, 0.05) is 0 Å². The van der Waals surface area contributed by atoms with Crippen molar-refractivity contribution in [1.29, 1.82) is 0 Å². The molecule has 0 aliphatic heterocycles. The first-order valence-corrected chi connectivity index (χ1v) is 13.1. The molecule has 0 heteroatoms. The molecule has 0 atom stereocenters. The maximum absolute atomic E-state index is 2.37. The van der Waals surface area contributed by atoms with Gasteiger partial charge in [0.05, 0.1) is 0 Å². The van der Waals surface area contributed by atoms with E-state index >= 15 is 0 Å². The first-order chi connectivity index (χ1) is 18.9. The number of hydrogen-bond acceptors (Lipinski definition) is 0. The van der Waals surface area contributed by atoms with E-state index in [0.29, 0.717) is 0 Å². The van der Waals surface area contributed by atoms with E-state index in [4.69, 9.17) is 0 Å². The Morgan fingerprint density at radius 3 is 1.16 bits per heavy atom. The molecule has 0 radical (unpaired) electrons. The average Bonchev–Trinajstić information content (AvgIpc) is 3.01. The van der Waals surface area contributed by atoms with Crippen LogP contribution in [0.15, 0.2) is 158 Å². The average molecular weight is 483 g/mol. The molecule has 0 amide bonds. The lowest BCUT2D eigenvalue weighted by Gasteiger charge is -2.17. The minimum atomic E-state index is 1.23. The van der Waals surface area contributed by atoms with Crippen molar-refractivity contribution in [1.82, 2.24) is 0 Å². The van der Waals surface area contributed by atoms with Gasteiger partial charge < -0.3 is 0 Å². The molecule has 0 saturated heterocycles. The highest BCUT2D eigenvalue weighted by Gasteiger charge is 2.15. The van der Waals surface area contributed by atoms with Crippen molar-refractivity contribution in [2.45, 2.75) is 0 Å². The molecular weight excluding hydrogens is 456 g/mol. The molecule has 0 unspecified atom stereocenters. The van der Waals surface area contributed by atoms with Crippen molar-refractivity contribution >= 4 is 21.5 Å². The molecule has 178 valence electrons. The van der Waals surface area contributed by atoms with E-state index in [1.165, 1.54) is 66.1 Å². The number of benzene rings is 7. The summed E-state index contributed by atoms with van der Waals surface area (Å²) in [6.07, 6.45) is 0. The first-order valence-electron chi connectivity index (χ1n) is 13.1. The highest BCUT2D eigenvalue weighted by Crippen LogP contribution is 2.42. The lowest BCUT2D eigenvalue weighted by atomic mass is 9.87. The Kier molecular flexibility index (Phi) is 5.57. The van der Waals surface area contributed by atoms with Crippen molar-refractivity contribution < 1.29 is 0 Å². The molecule has 7 rings (SSSR count). The molecule has 0 heterocycles. The van der Waals surface area contributed by atoms with E-state index in [9.17, 15) is 0 Å². The topological polar surface area (TPSA) is 0 Å². The molecule has 0 fully saturated rings. The summed E-state index contributed by atoms with van der Waals surface area (Å²) in [7, 11) is 0. The zero-order chi connectivity index (χ0) is 25.3. The fraction of sp³-hybridized carbons (Fsp3) is 0. The highest BCUT2D eigenvalue weighted by molar-refractivity contribution is 6.12. The van der Waals surface area contributed by atoms with Crippen LogP contribution in [0.1, 0.15) is 0 Å². The van der Waals surface area contributed by atoms with Crippen LogP contribution in [-0.2, 0) is 0 Å². The molecule has 0 aromatic heterocycles. The fourth-order valence-corrected chi connectivity index (χ4v) is 5.67. The van der Waals surface area contributed by atoms with Gasteiger partial charge in [0.2, 0.25) is 0 Å². The number of fused-ring (bicyclic) bond motifs is 2. The molecule has 38 heavy (non-hydrogen) atoms. The van der Waals surface area contributed by atoms with Gasteiger partial charge in [0.15, 0.2) is 0 Å². The predicted molar refractivity (Wildman–Crippen MR) is 163 cm³/mol. The monoisotopic (exact) mass is 482 g/mol. The quantitative estimate of drug-likeness (QED) is 0.234. The van der Waals surface area contributed by atoms with Gasteiger partial charge in [-0.2, -0.15) is 0 Å². The van der Waals surface area contributed by atoms with Crippen LogP contribution in [0.4, 0.5) is 0 Å². The van der Waals surface area contributed by atoms with Gasteiger partial charge in [0.1, 0.15) is 0 Å². The summed E-state index contributed by atoms with van der Waals surface area (Å²) in [6, 6.07) is 56.9. The summed E-state index contributed by atoms with van der Waals surface area (Å²) in [5.41, 5.74) is 9.98. The van der Waals surface area contributed by atoms with Crippen molar-refractivity contribution in [3.05, 3.63) is 158 Å². The van der Waals surface area contributed by atoms with Crippen LogP contribution < -0.4 is 0 Å². The SMILES string of the molecule is c1ccc(-c2ccc3c(-c4ccccc4)ccc(-c4ccc(-c5ccccc5)c5ccccc45)c3c2)cc1. The molecule has 0 aliphatic rings. The van der Waals surface area contributed by atoms with Crippen LogP contribution in [0.5, 0.6) is 0 Å². The number of rotatable bonds is 4. The Morgan fingerprint density at radius 1 is 0.211 bits per heavy atom. The Balaban J connectivity index is 1.52. The van der Waals surface area contributed by atoms with E-state index < -0.39 is 0 Å². The standard InChI is InChI=1S/C38H26/c1-4-12-27(13-5-1)30-20-21-35-32(29-16-8-3-9-17-29)23-25-37(38(35)26-30)36-24-22-31(28-14-6-2-7-15-28)33-18-10-11-19-34(33)36/h1-26H. The fourth-order valence-electron chi connectivity index (χ4n) is 5.67. The van der Waals surface area contributed by atoms with Crippen molar-refractivity contribution in [2.75, 3.05) is 0 Å². The molecule has 0 N–H and O–H groups in total. The van der Waals surface area contributed by atoms with Gasteiger partial charge in [-0.05, 0) is 72.1 Å². The maximum Gasteiger partial charge on any atom is -0.00928 e. The minimum Gasteiger partial charge on any atom is -0.0622 e. The van der Waals surface area contributed by atoms with Gasteiger partial charge in [-0.1, -0.05) is 152 Å². The van der Waals surface area contributed by atoms with Crippen molar-refractivity contribution in [3.63, 3.8) is 0 Å². The van der Waals surface area contributed by atoms with Gasteiger partial charge in [-0.15, -0.1) is 0 Å². The predicted octanol–water partition coefficient (Wildman–Crippen LogP) is 10.7. The van der Waals surface area contributed by atoms with E-state index in [-0.39, 0.29) is 0 Å². The summed E-state index contributed by atoms with van der Waals surface area (Å²) in [6.45, 7) is 0. The molecule has 0 nitrogen and oxygen atoms in total. The third kappa shape index (κ3) is 3.88. The van der Waals surface area contributed by atoms with Crippen molar-refractivity contribution in [3.8, 4) is 44.5 Å². The zero-order valence-electron chi connectivity index (χ0n) is 21.0. The third-order valence-corrected chi connectivity index (χ3v) is 7.51. The Morgan fingerprint density at radius 2 is 0.605 bits per heavy atom. The van der Waals surface area contributed by atoms with Crippen molar-refractivity contribution in [2.24, 2.45) is 0 Å². The van der Waals surface area contributed by atoms with Gasteiger partial charge in [-0.25, -0.2) is 0 Å². The van der Waals surface area contributed by atoms with E-state index in [2.05, 4.69) is 158 Å². The summed E-state index contributed by atoms with van der Waals surface area (Å²) in [4.78, 5) is 0. The third-order valence-electron chi connectivity index (χ3n) is 7.51. The molecule has 0 spiro atoms. The summed E-state index contributed by atoms with van der Waals surface area (Å²) in [5.74, 6) is 0. The second-order valence-electron chi connectivity index (χ2n) is 9.73. The lowest BCUT2D eigenvalue weighted by Crippen LogP contribution is -1.90. The molecule has 0 aliphatic carbocycles. The van der Waals surface area contributed by atoms with E-state index in [1.807, 2.05) is 0 Å². The second kappa shape index (κ2) is 9.50. The Bertz CT molecular complexity index is 1880. The second-order valence-corrected chi connectivity index (χ2v) is 9.73. The van der Waals surface area contributed by atoms with Crippen LogP contribution in [-0.4, -0.2) is 0 Å².